The Kier molecular flexibility index (Phi) is 4.64. The average molecular weight is 305 g/mol. The molecule has 110 valence electrons. The van der Waals surface area contributed by atoms with Crippen molar-refractivity contribution in [1.82, 2.24) is 9.97 Å². The van der Waals surface area contributed by atoms with Crippen LogP contribution < -0.4 is 5.32 Å². The Balaban J connectivity index is 2.21. The number of hydrogen-bond donors (Lipinski definition) is 2. The molecule has 0 aliphatic carbocycles. The zero-order valence-corrected chi connectivity index (χ0v) is 12.5. The lowest BCUT2D eigenvalue weighted by Gasteiger charge is -2.02. The Labute approximate surface area is 125 Å². The maximum atomic E-state index is 12.0. The Morgan fingerprint density at radius 1 is 1.33 bits per heavy atom. The molecule has 2 aromatic rings. The van der Waals surface area contributed by atoms with Crippen LogP contribution in [0.3, 0.4) is 0 Å². The summed E-state index contributed by atoms with van der Waals surface area (Å²) in [5.74, 6) is -1.07. The number of amides is 1. The smallest absolute Gasteiger partial charge is 0.347 e. The summed E-state index contributed by atoms with van der Waals surface area (Å²) < 4.78 is 0. The average Bonchev–Trinajstić information content (AvgIpc) is 2.81. The van der Waals surface area contributed by atoms with Crippen LogP contribution in [0.5, 0.6) is 0 Å². The van der Waals surface area contributed by atoms with Crippen molar-refractivity contribution in [2.24, 2.45) is 5.92 Å². The number of carbonyl (C=O) groups excluding carboxylic acids is 1. The molecule has 0 atom stereocenters. The fourth-order valence-electron chi connectivity index (χ4n) is 1.77. The second-order valence-electron chi connectivity index (χ2n) is 4.89. The highest BCUT2D eigenvalue weighted by molar-refractivity contribution is 7.17. The summed E-state index contributed by atoms with van der Waals surface area (Å²) in [6, 6.07) is 3.16. The van der Waals surface area contributed by atoms with E-state index < -0.39 is 5.97 Å². The molecule has 0 fully saturated rings. The standard InChI is InChI=1S/C14H15N3O3S/c1-8(2)7-10-11(13(19)20)21-14(16-10)17-12(18)9-3-5-15-6-4-9/h3-6,8H,7H2,1-2H3,(H,19,20)(H,16,17,18). The predicted molar refractivity (Wildman–Crippen MR) is 79.8 cm³/mol. The normalized spacial score (nSPS) is 10.6. The largest absolute Gasteiger partial charge is 0.477 e. The summed E-state index contributed by atoms with van der Waals surface area (Å²) in [7, 11) is 0. The van der Waals surface area contributed by atoms with Crippen LogP contribution in [0.25, 0.3) is 0 Å². The fraction of sp³-hybridized carbons (Fsp3) is 0.286. The number of hydrogen-bond acceptors (Lipinski definition) is 5. The van der Waals surface area contributed by atoms with Crippen molar-refractivity contribution < 1.29 is 14.7 Å². The number of nitrogens with zero attached hydrogens (tertiary/aromatic N) is 2. The SMILES string of the molecule is CC(C)Cc1nc(NC(=O)c2ccncc2)sc1C(=O)O. The third-order valence-corrected chi connectivity index (χ3v) is 3.66. The molecule has 21 heavy (non-hydrogen) atoms. The topological polar surface area (TPSA) is 92.2 Å². The third kappa shape index (κ3) is 3.85. The van der Waals surface area contributed by atoms with E-state index in [4.69, 9.17) is 0 Å². The van der Waals surface area contributed by atoms with Crippen molar-refractivity contribution >= 4 is 28.3 Å². The lowest BCUT2D eigenvalue weighted by atomic mass is 10.1. The van der Waals surface area contributed by atoms with Crippen LogP contribution in [0.1, 0.15) is 39.6 Å². The molecular formula is C14H15N3O3S. The molecule has 0 aromatic carbocycles. The molecule has 0 aliphatic rings. The highest BCUT2D eigenvalue weighted by atomic mass is 32.1. The highest BCUT2D eigenvalue weighted by Crippen LogP contribution is 2.25. The van der Waals surface area contributed by atoms with Gasteiger partial charge in [0.05, 0.1) is 5.69 Å². The van der Waals surface area contributed by atoms with E-state index in [-0.39, 0.29) is 16.7 Å². The number of carboxylic acids is 1. The molecule has 2 aromatic heterocycles. The van der Waals surface area contributed by atoms with E-state index in [0.29, 0.717) is 22.8 Å². The third-order valence-electron chi connectivity index (χ3n) is 2.66. The van der Waals surface area contributed by atoms with E-state index in [9.17, 15) is 14.7 Å². The molecule has 6 nitrogen and oxygen atoms in total. The molecule has 1 amide bonds. The molecule has 0 aliphatic heterocycles. The molecule has 7 heteroatoms. The molecule has 0 unspecified atom stereocenters. The minimum Gasteiger partial charge on any atom is -0.477 e. The monoisotopic (exact) mass is 305 g/mol. The van der Waals surface area contributed by atoms with Crippen LogP contribution in [-0.4, -0.2) is 27.0 Å². The summed E-state index contributed by atoms with van der Waals surface area (Å²) in [5, 5.41) is 12.1. The molecule has 0 saturated heterocycles. The van der Waals surface area contributed by atoms with Crippen LogP contribution in [0.15, 0.2) is 24.5 Å². The first-order valence-corrected chi connectivity index (χ1v) is 7.23. The summed E-state index contributed by atoms with van der Waals surface area (Å²) in [5.41, 5.74) is 0.954. The van der Waals surface area contributed by atoms with Crippen molar-refractivity contribution in [1.29, 1.82) is 0 Å². The van der Waals surface area contributed by atoms with Gasteiger partial charge in [0.2, 0.25) is 0 Å². The van der Waals surface area contributed by atoms with Crippen molar-refractivity contribution in [3.05, 3.63) is 40.7 Å². The van der Waals surface area contributed by atoms with Crippen LogP contribution in [0, 0.1) is 5.92 Å². The van der Waals surface area contributed by atoms with E-state index in [1.165, 1.54) is 12.4 Å². The van der Waals surface area contributed by atoms with Gasteiger partial charge in [-0.25, -0.2) is 9.78 Å². The fourth-order valence-corrected chi connectivity index (χ4v) is 2.60. The zero-order valence-electron chi connectivity index (χ0n) is 11.7. The molecule has 0 spiro atoms. The van der Waals surface area contributed by atoms with Gasteiger partial charge in [-0.3, -0.25) is 15.1 Å². The van der Waals surface area contributed by atoms with Crippen LogP contribution in [0.4, 0.5) is 5.13 Å². The van der Waals surface area contributed by atoms with Crippen LogP contribution >= 0.6 is 11.3 Å². The van der Waals surface area contributed by atoms with Crippen molar-refractivity contribution in [3.63, 3.8) is 0 Å². The van der Waals surface area contributed by atoms with Crippen molar-refractivity contribution in [3.8, 4) is 0 Å². The number of aromatic nitrogens is 2. The molecular weight excluding hydrogens is 290 g/mol. The number of carboxylic acid groups (broad SMARTS) is 1. The molecule has 2 N–H and O–H groups in total. The summed E-state index contributed by atoms with van der Waals surface area (Å²) in [4.78, 5) is 31.5. The van der Waals surface area contributed by atoms with Gasteiger partial charge in [-0.1, -0.05) is 25.2 Å². The quantitative estimate of drug-likeness (QED) is 0.886. The van der Waals surface area contributed by atoms with Gasteiger partial charge in [-0.2, -0.15) is 0 Å². The molecule has 0 radical (unpaired) electrons. The maximum absolute atomic E-state index is 12.0. The highest BCUT2D eigenvalue weighted by Gasteiger charge is 2.19. The molecule has 2 heterocycles. The van der Waals surface area contributed by atoms with E-state index in [1.807, 2.05) is 13.8 Å². The van der Waals surface area contributed by atoms with Gasteiger partial charge < -0.3 is 5.11 Å². The van der Waals surface area contributed by atoms with Gasteiger partial charge in [0.25, 0.3) is 5.91 Å². The van der Waals surface area contributed by atoms with Crippen molar-refractivity contribution in [2.45, 2.75) is 20.3 Å². The lowest BCUT2D eigenvalue weighted by molar-refractivity contribution is 0.0700. The number of pyridine rings is 1. The van der Waals surface area contributed by atoms with E-state index in [1.54, 1.807) is 12.1 Å². The van der Waals surface area contributed by atoms with Crippen LogP contribution in [-0.2, 0) is 6.42 Å². The first-order chi connectivity index (χ1) is 9.97. The number of aromatic carboxylic acids is 1. The Bertz CT molecular complexity index is 653. The Morgan fingerprint density at radius 3 is 2.57 bits per heavy atom. The van der Waals surface area contributed by atoms with E-state index in [2.05, 4.69) is 15.3 Å². The predicted octanol–water partition coefficient (Wildman–Crippen LogP) is 2.69. The lowest BCUT2D eigenvalue weighted by Crippen LogP contribution is -2.11. The van der Waals surface area contributed by atoms with Gasteiger partial charge in [0.1, 0.15) is 4.88 Å². The second kappa shape index (κ2) is 6.45. The van der Waals surface area contributed by atoms with Gasteiger partial charge >= 0.3 is 5.97 Å². The maximum Gasteiger partial charge on any atom is 0.347 e. The van der Waals surface area contributed by atoms with Gasteiger partial charge in [-0.15, -0.1) is 0 Å². The van der Waals surface area contributed by atoms with Gasteiger partial charge in [0, 0.05) is 18.0 Å². The first-order valence-electron chi connectivity index (χ1n) is 6.41. The number of rotatable bonds is 5. The Morgan fingerprint density at radius 2 is 2.00 bits per heavy atom. The molecule has 0 saturated carbocycles. The first kappa shape index (κ1) is 15.1. The molecule has 2 rings (SSSR count). The minimum absolute atomic E-state index is 0.175. The zero-order chi connectivity index (χ0) is 15.4. The van der Waals surface area contributed by atoms with E-state index in [0.717, 1.165) is 11.3 Å². The summed E-state index contributed by atoms with van der Waals surface area (Å²) in [6.07, 6.45) is 3.59. The summed E-state index contributed by atoms with van der Waals surface area (Å²) in [6.45, 7) is 3.97. The Hall–Kier alpha value is -2.28. The van der Waals surface area contributed by atoms with Crippen molar-refractivity contribution in [2.75, 3.05) is 5.32 Å². The van der Waals surface area contributed by atoms with Gasteiger partial charge in [-0.05, 0) is 24.5 Å². The number of nitrogens with one attached hydrogen (secondary N) is 1. The second-order valence-corrected chi connectivity index (χ2v) is 5.89. The number of anilines is 1. The number of carbonyl (C=O) groups is 2. The van der Waals surface area contributed by atoms with Gasteiger partial charge in [0.15, 0.2) is 5.13 Å². The summed E-state index contributed by atoms with van der Waals surface area (Å²) >= 11 is 0.974. The van der Waals surface area contributed by atoms with Crippen LogP contribution in [0.2, 0.25) is 0 Å². The molecule has 0 bridgehead atoms. The minimum atomic E-state index is -1.02. The van der Waals surface area contributed by atoms with E-state index >= 15 is 0 Å². The number of thiazole rings is 1.